The summed E-state index contributed by atoms with van der Waals surface area (Å²) in [5, 5.41) is 9.14. The maximum absolute atomic E-state index is 12.2. The largest absolute Gasteiger partial charge is 0.481 e. The highest BCUT2D eigenvalue weighted by Gasteiger charge is 2.42. The first-order chi connectivity index (χ1) is 9.74. The lowest BCUT2D eigenvalue weighted by molar-refractivity contribution is -0.147. The predicted molar refractivity (Wildman–Crippen MR) is 72.9 cm³/mol. The molecule has 114 valence electrons. The third-order valence-corrected chi connectivity index (χ3v) is 3.91. The molecular weight excluding hydrogens is 278 g/mol. The van der Waals surface area contributed by atoms with E-state index in [0.29, 0.717) is 13.0 Å². The maximum Gasteiger partial charge on any atom is 0.331 e. The summed E-state index contributed by atoms with van der Waals surface area (Å²) in [6.45, 7) is 1.87. The predicted octanol–water partition coefficient (Wildman–Crippen LogP) is -1.13. The molecule has 0 bridgehead atoms. The molecule has 1 atom stereocenters. The van der Waals surface area contributed by atoms with Gasteiger partial charge >= 0.3 is 11.7 Å². The molecule has 1 amide bonds. The number of aromatic nitrogens is 2. The van der Waals surface area contributed by atoms with Crippen molar-refractivity contribution in [1.82, 2.24) is 14.0 Å². The zero-order chi connectivity index (χ0) is 15.8. The Balaban J connectivity index is 2.14. The average molecular weight is 295 g/mol. The second kappa shape index (κ2) is 5.19. The van der Waals surface area contributed by atoms with Gasteiger partial charge < -0.3 is 10.0 Å². The monoisotopic (exact) mass is 295 g/mol. The molecule has 0 aliphatic carbocycles. The number of carbonyl (C=O) groups excluding carboxylic acids is 1. The zero-order valence-electron chi connectivity index (χ0n) is 11.9. The lowest BCUT2D eigenvalue weighted by Gasteiger charge is -2.20. The summed E-state index contributed by atoms with van der Waals surface area (Å²) in [5.41, 5.74) is -1.95. The van der Waals surface area contributed by atoms with Gasteiger partial charge in [0.25, 0.3) is 5.56 Å². The molecule has 0 aromatic carbocycles. The number of nitrogens with zero attached hydrogens (tertiary/aromatic N) is 3. The summed E-state index contributed by atoms with van der Waals surface area (Å²) in [6, 6.07) is 1.21. The molecule has 1 fully saturated rings. The Morgan fingerprint density at radius 3 is 2.62 bits per heavy atom. The summed E-state index contributed by atoms with van der Waals surface area (Å²) in [7, 11) is 1.34. The van der Waals surface area contributed by atoms with Gasteiger partial charge in [-0.2, -0.15) is 0 Å². The minimum atomic E-state index is -0.940. The molecule has 2 heterocycles. The highest BCUT2D eigenvalue weighted by atomic mass is 16.4. The Morgan fingerprint density at radius 1 is 1.38 bits per heavy atom. The van der Waals surface area contributed by atoms with Crippen molar-refractivity contribution in [2.45, 2.75) is 19.9 Å². The number of rotatable bonds is 3. The summed E-state index contributed by atoms with van der Waals surface area (Å²) in [4.78, 5) is 47.9. The number of carboxylic acid groups (broad SMARTS) is 1. The van der Waals surface area contributed by atoms with Gasteiger partial charge in [0.2, 0.25) is 5.91 Å². The van der Waals surface area contributed by atoms with E-state index in [1.807, 2.05) is 0 Å². The van der Waals surface area contributed by atoms with Crippen molar-refractivity contribution in [1.29, 1.82) is 0 Å². The number of amides is 1. The van der Waals surface area contributed by atoms with E-state index in [0.717, 1.165) is 9.13 Å². The molecule has 21 heavy (non-hydrogen) atoms. The van der Waals surface area contributed by atoms with Crippen LogP contribution in [0, 0.1) is 5.41 Å². The van der Waals surface area contributed by atoms with Crippen molar-refractivity contribution in [3.8, 4) is 0 Å². The molecule has 1 saturated heterocycles. The zero-order valence-corrected chi connectivity index (χ0v) is 11.9. The summed E-state index contributed by atoms with van der Waals surface area (Å²) >= 11 is 0. The van der Waals surface area contributed by atoms with Crippen molar-refractivity contribution in [2.24, 2.45) is 12.5 Å². The highest BCUT2D eigenvalue weighted by molar-refractivity contribution is 5.80. The topological polar surface area (TPSA) is 102 Å². The van der Waals surface area contributed by atoms with Gasteiger partial charge in [-0.25, -0.2) is 4.79 Å². The quantitative estimate of drug-likeness (QED) is 0.760. The standard InChI is InChI=1S/C13H17N3O5/c1-13(11(19)20)4-6-16(8-13)10(18)7-15-5-3-9(17)14(2)12(15)21/h3,5H,4,6-8H2,1-2H3,(H,19,20)/t13-/m0/s1. The van der Waals surface area contributed by atoms with Crippen LogP contribution in [0.25, 0.3) is 0 Å². The lowest BCUT2D eigenvalue weighted by Crippen LogP contribution is -2.42. The van der Waals surface area contributed by atoms with Crippen molar-refractivity contribution < 1.29 is 14.7 Å². The second-order valence-electron chi connectivity index (χ2n) is 5.55. The molecule has 1 aliphatic rings. The van der Waals surface area contributed by atoms with E-state index in [9.17, 15) is 19.2 Å². The van der Waals surface area contributed by atoms with Crippen molar-refractivity contribution in [2.75, 3.05) is 13.1 Å². The van der Waals surface area contributed by atoms with Crippen molar-refractivity contribution in [3.63, 3.8) is 0 Å². The van der Waals surface area contributed by atoms with Gasteiger partial charge in [0.1, 0.15) is 6.54 Å². The van der Waals surface area contributed by atoms with Crippen molar-refractivity contribution in [3.05, 3.63) is 33.1 Å². The first kappa shape index (κ1) is 15.0. The van der Waals surface area contributed by atoms with Gasteiger partial charge in [-0.3, -0.25) is 23.5 Å². The fourth-order valence-corrected chi connectivity index (χ4v) is 2.33. The fourth-order valence-electron chi connectivity index (χ4n) is 2.33. The Morgan fingerprint density at radius 2 is 2.05 bits per heavy atom. The summed E-state index contributed by atoms with van der Waals surface area (Å²) in [5.74, 6) is -1.27. The fraction of sp³-hybridized carbons (Fsp3) is 0.538. The van der Waals surface area contributed by atoms with Crippen LogP contribution < -0.4 is 11.2 Å². The van der Waals surface area contributed by atoms with Gasteiger partial charge in [0, 0.05) is 32.4 Å². The van der Waals surface area contributed by atoms with Crippen LogP contribution in [-0.4, -0.2) is 44.1 Å². The van der Waals surface area contributed by atoms with E-state index in [4.69, 9.17) is 5.11 Å². The van der Waals surface area contributed by atoms with Crippen molar-refractivity contribution >= 4 is 11.9 Å². The van der Waals surface area contributed by atoms with Gasteiger partial charge in [0.05, 0.1) is 5.41 Å². The molecule has 1 aliphatic heterocycles. The van der Waals surface area contributed by atoms with Crippen LogP contribution in [0.3, 0.4) is 0 Å². The van der Waals surface area contributed by atoms with E-state index < -0.39 is 22.6 Å². The smallest absolute Gasteiger partial charge is 0.331 e. The molecule has 0 unspecified atom stereocenters. The van der Waals surface area contributed by atoms with Crippen LogP contribution in [0.1, 0.15) is 13.3 Å². The molecule has 8 heteroatoms. The number of carboxylic acids is 1. The summed E-state index contributed by atoms with van der Waals surface area (Å²) < 4.78 is 2.05. The van der Waals surface area contributed by atoms with E-state index in [1.54, 1.807) is 6.92 Å². The minimum absolute atomic E-state index is 0.127. The van der Waals surface area contributed by atoms with E-state index >= 15 is 0 Å². The first-order valence-electron chi connectivity index (χ1n) is 6.52. The molecule has 1 aromatic heterocycles. The van der Waals surface area contributed by atoms with E-state index in [-0.39, 0.29) is 19.0 Å². The average Bonchev–Trinajstić information content (AvgIpc) is 2.84. The van der Waals surface area contributed by atoms with Crippen LogP contribution >= 0.6 is 0 Å². The molecule has 0 radical (unpaired) electrons. The van der Waals surface area contributed by atoms with Crippen LogP contribution in [0.2, 0.25) is 0 Å². The third-order valence-electron chi connectivity index (χ3n) is 3.91. The van der Waals surface area contributed by atoms with Gasteiger partial charge in [-0.15, -0.1) is 0 Å². The van der Waals surface area contributed by atoms with Crippen LogP contribution in [0.15, 0.2) is 21.9 Å². The molecule has 0 spiro atoms. The van der Waals surface area contributed by atoms with Crippen LogP contribution in [-0.2, 0) is 23.2 Å². The number of aliphatic carboxylic acids is 1. The number of likely N-dealkylation sites (tertiary alicyclic amines) is 1. The molecule has 0 saturated carbocycles. The van der Waals surface area contributed by atoms with E-state index in [1.165, 1.54) is 24.2 Å². The second-order valence-corrected chi connectivity index (χ2v) is 5.55. The summed E-state index contributed by atoms with van der Waals surface area (Å²) in [6.07, 6.45) is 1.66. The molecule has 1 aromatic rings. The van der Waals surface area contributed by atoms with Gasteiger partial charge in [-0.1, -0.05) is 0 Å². The number of hydrogen-bond donors (Lipinski definition) is 1. The first-order valence-corrected chi connectivity index (χ1v) is 6.52. The Hall–Kier alpha value is -2.38. The molecule has 1 N–H and O–H groups in total. The third kappa shape index (κ3) is 2.74. The molecule has 8 nitrogen and oxygen atoms in total. The van der Waals surface area contributed by atoms with Gasteiger partial charge in [0.15, 0.2) is 0 Å². The Bertz CT molecular complexity index is 704. The minimum Gasteiger partial charge on any atom is -0.481 e. The SMILES string of the molecule is Cn1c(=O)ccn(CC(=O)N2CC[C@](C)(C(=O)O)C2)c1=O. The highest BCUT2D eigenvalue weighted by Crippen LogP contribution is 2.30. The van der Waals surface area contributed by atoms with Gasteiger partial charge in [-0.05, 0) is 13.3 Å². The maximum atomic E-state index is 12.2. The number of hydrogen-bond acceptors (Lipinski definition) is 4. The normalized spacial score (nSPS) is 21.5. The van der Waals surface area contributed by atoms with Crippen LogP contribution in [0.4, 0.5) is 0 Å². The Labute approximate surface area is 120 Å². The van der Waals surface area contributed by atoms with Crippen LogP contribution in [0.5, 0.6) is 0 Å². The van der Waals surface area contributed by atoms with E-state index in [2.05, 4.69) is 0 Å². The Kier molecular flexibility index (Phi) is 3.71. The lowest BCUT2D eigenvalue weighted by atomic mass is 9.90. The molecular formula is C13H17N3O5. The number of carbonyl (C=O) groups is 2. The molecule has 2 rings (SSSR count).